The lowest BCUT2D eigenvalue weighted by Gasteiger charge is -2.10. The summed E-state index contributed by atoms with van der Waals surface area (Å²) in [6, 6.07) is 13.2. The van der Waals surface area contributed by atoms with E-state index < -0.39 is 23.5 Å². The molecule has 1 aromatic heterocycles. The second-order valence-corrected chi connectivity index (χ2v) is 7.19. The predicted octanol–water partition coefficient (Wildman–Crippen LogP) is 7.58. The van der Waals surface area contributed by atoms with Crippen molar-refractivity contribution in [1.82, 2.24) is 4.57 Å². The van der Waals surface area contributed by atoms with Crippen molar-refractivity contribution in [3.05, 3.63) is 76.3 Å². The van der Waals surface area contributed by atoms with Crippen LogP contribution in [0.25, 0.3) is 27.5 Å². The van der Waals surface area contributed by atoms with Crippen LogP contribution in [0.5, 0.6) is 0 Å². The van der Waals surface area contributed by atoms with E-state index in [1.54, 1.807) is 28.8 Å². The molecule has 0 radical (unpaired) electrons. The van der Waals surface area contributed by atoms with Gasteiger partial charge < -0.3 is 4.57 Å². The van der Waals surface area contributed by atoms with Crippen molar-refractivity contribution in [3.63, 3.8) is 0 Å². The maximum atomic E-state index is 13.2. The first kappa shape index (κ1) is 18.9. The monoisotopic (exact) mass is 457 g/mol. The highest BCUT2D eigenvalue weighted by atomic mass is 79.9. The summed E-state index contributed by atoms with van der Waals surface area (Å²) in [4.78, 5) is 0. The van der Waals surface area contributed by atoms with Gasteiger partial charge in [0, 0.05) is 20.9 Å². The molecular weight excluding hydrogens is 448 g/mol. The summed E-state index contributed by atoms with van der Waals surface area (Å²) >= 11 is 3.31. The number of alkyl halides is 6. The van der Waals surface area contributed by atoms with E-state index in [-0.39, 0.29) is 10.8 Å². The number of hydrogen-bond donors (Lipinski definition) is 0. The predicted molar refractivity (Wildman–Crippen MR) is 98.5 cm³/mol. The fraction of sp³-hybridized carbons (Fsp3) is 0.100. The SMILES string of the molecule is FC(F)(F)c1ccc2c(c1)c1cc(C(F)(F)F)ccc1n2-c1ccc(Br)cc1. The summed E-state index contributed by atoms with van der Waals surface area (Å²) in [6.45, 7) is 0. The minimum Gasteiger partial charge on any atom is -0.309 e. The van der Waals surface area contributed by atoms with E-state index in [1.807, 2.05) is 0 Å². The van der Waals surface area contributed by atoms with Gasteiger partial charge in [-0.25, -0.2) is 0 Å². The van der Waals surface area contributed by atoms with Crippen LogP contribution < -0.4 is 0 Å². The van der Waals surface area contributed by atoms with Gasteiger partial charge in [0.25, 0.3) is 0 Å². The van der Waals surface area contributed by atoms with Gasteiger partial charge in [0.15, 0.2) is 0 Å². The topological polar surface area (TPSA) is 4.93 Å². The molecule has 1 heterocycles. The summed E-state index contributed by atoms with van der Waals surface area (Å²) < 4.78 is 81.5. The lowest BCUT2D eigenvalue weighted by atomic mass is 10.1. The summed E-state index contributed by atoms with van der Waals surface area (Å²) in [5, 5.41) is 0.220. The zero-order chi connectivity index (χ0) is 20.3. The second kappa shape index (κ2) is 6.27. The van der Waals surface area contributed by atoms with Gasteiger partial charge in [0.2, 0.25) is 0 Å². The molecule has 0 atom stereocenters. The van der Waals surface area contributed by atoms with E-state index in [0.717, 1.165) is 28.7 Å². The molecule has 0 N–H and O–H groups in total. The molecule has 0 spiro atoms. The minimum atomic E-state index is -4.60. The first-order valence-corrected chi connectivity index (χ1v) is 8.83. The largest absolute Gasteiger partial charge is 0.416 e. The first-order chi connectivity index (χ1) is 13.1. The van der Waals surface area contributed by atoms with Crippen LogP contribution in [-0.4, -0.2) is 4.57 Å². The fourth-order valence-electron chi connectivity index (χ4n) is 3.24. The van der Waals surface area contributed by atoms with Crippen LogP contribution in [-0.2, 0) is 12.4 Å². The Hall–Kier alpha value is -2.48. The molecule has 4 rings (SSSR count). The molecule has 28 heavy (non-hydrogen) atoms. The van der Waals surface area contributed by atoms with E-state index in [1.165, 1.54) is 12.1 Å². The standard InChI is InChI=1S/C20H10BrF6N/c21-13-3-5-14(6-4-13)28-17-7-1-11(19(22,23)24)9-15(17)16-10-12(20(25,26)27)2-8-18(16)28/h1-10H. The Labute approximate surface area is 163 Å². The lowest BCUT2D eigenvalue weighted by Crippen LogP contribution is -2.04. The van der Waals surface area contributed by atoms with Crippen LogP contribution in [0.3, 0.4) is 0 Å². The Kier molecular flexibility index (Phi) is 4.22. The van der Waals surface area contributed by atoms with Gasteiger partial charge >= 0.3 is 12.4 Å². The molecule has 1 nitrogen and oxygen atoms in total. The third kappa shape index (κ3) is 3.15. The highest BCUT2D eigenvalue weighted by Gasteiger charge is 2.33. The van der Waals surface area contributed by atoms with Crippen LogP contribution in [0.2, 0.25) is 0 Å². The number of fused-ring (bicyclic) bond motifs is 3. The van der Waals surface area contributed by atoms with Gasteiger partial charge in [-0.05, 0) is 60.7 Å². The van der Waals surface area contributed by atoms with Crippen molar-refractivity contribution in [3.8, 4) is 5.69 Å². The summed E-state index contributed by atoms with van der Waals surface area (Å²) in [7, 11) is 0. The highest BCUT2D eigenvalue weighted by Crippen LogP contribution is 2.39. The molecule has 0 aliphatic rings. The zero-order valence-electron chi connectivity index (χ0n) is 13.9. The maximum Gasteiger partial charge on any atom is 0.416 e. The Morgan fingerprint density at radius 1 is 0.607 bits per heavy atom. The van der Waals surface area contributed by atoms with Crippen molar-refractivity contribution in [2.45, 2.75) is 12.4 Å². The molecule has 8 heteroatoms. The van der Waals surface area contributed by atoms with Crippen LogP contribution in [0.1, 0.15) is 11.1 Å². The van der Waals surface area contributed by atoms with Crippen molar-refractivity contribution < 1.29 is 26.3 Å². The van der Waals surface area contributed by atoms with Gasteiger partial charge in [0.05, 0.1) is 22.2 Å². The normalized spacial score (nSPS) is 12.8. The van der Waals surface area contributed by atoms with Crippen molar-refractivity contribution in [2.24, 2.45) is 0 Å². The number of hydrogen-bond acceptors (Lipinski definition) is 0. The van der Waals surface area contributed by atoms with Gasteiger partial charge in [-0.15, -0.1) is 0 Å². The number of aromatic nitrogens is 1. The molecule has 0 saturated carbocycles. The van der Waals surface area contributed by atoms with Gasteiger partial charge in [0.1, 0.15) is 0 Å². The highest BCUT2D eigenvalue weighted by molar-refractivity contribution is 9.10. The van der Waals surface area contributed by atoms with Gasteiger partial charge in [-0.2, -0.15) is 26.3 Å². The number of rotatable bonds is 1. The Bertz CT molecular complexity index is 1110. The molecule has 0 aliphatic carbocycles. The molecule has 0 aliphatic heterocycles. The number of halogens is 7. The molecule has 0 amide bonds. The van der Waals surface area contributed by atoms with E-state index in [2.05, 4.69) is 15.9 Å². The van der Waals surface area contributed by atoms with Crippen molar-refractivity contribution in [1.29, 1.82) is 0 Å². The molecule has 3 aromatic carbocycles. The molecule has 144 valence electrons. The van der Waals surface area contributed by atoms with E-state index >= 15 is 0 Å². The molecule has 0 saturated heterocycles. The van der Waals surface area contributed by atoms with E-state index in [9.17, 15) is 26.3 Å². The quantitative estimate of drug-likeness (QED) is 0.259. The van der Waals surface area contributed by atoms with Gasteiger partial charge in [-0.3, -0.25) is 0 Å². The number of nitrogens with zero attached hydrogens (tertiary/aromatic N) is 1. The summed E-state index contributed by atoms with van der Waals surface area (Å²) in [6.07, 6.45) is -9.19. The maximum absolute atomic E-state index is 13.2. The molecule has 0 unspecified atom stereocenters. The van der Waals surface area contributed by atoms with E-state index in [4.69, 9.17) is 0 Å². The van der Waals surface area contributed by atoms with Crippen LogP contribution in [0.4, 0.5) is 26.3 Å². The molecule has 4 aromatic rings. The van der Waals surface area contributed by atoms with Gasteiger partial charge in [-0.1, -0.05) is 15.9 Å². The lowest BCUT2D eigenvalue weighted by molar-refractivity contribution is -0.138. The average molecular weight is 458 g/mol. The van der Waals surface area contributed by atoms with Crippen molar-refractivity contribution in [2.75, 3.05) is 0 Å². The average Bonchev–Trinajstić information content (AvgIpc) is 2.94. The Morgan fingerprint density at radius 3 is 1.43 bits per heavy atom. The zero-order valence-corrected chi connectivity index (χ0v) is 15.5. The number of benzene rings is 3. The molecule has 0 fully saturated rings. The summed E-state index contributed by atoms with van der Waals surface area (Å²) in [5.74, 6) is 0. The van der Waals surface area contributed by atoms with Crippen LogP contribution in [0, 0.1) is 0 Å². The third-order valence-corrected chi connectivity index (χ3v) is 5.03. The fourth-order valence-corrected chi connectivity index (χ4v) is 3.51. The smallest absolute Gasteiger partial charge is 0.309 e. The summed E-state index contributed by atoms with van der Waals surface area (Å²) in [5.41, 5.74) is -0.406. The minimum absolute atomic E-state index is 0.110. The second-order valence-electron chi connectivity index (χ2n) is 6.27. The van der Waals surface area contributed by atoms with E-state index in [0.29, 0.717) is 16.7 Å². The van der Waals surface area contributed by atoms with Crippen LogP contribution >= 0.6 is 15.9 Å². The Balaban J connectivity index is 2.11. The molecule has 0 bridgehead atoms. The first-order valence-electron chi connectivity index (χ1n) is 8.04. The van der Waals surface area contributed by atoms with Crippen molar-refractivity contribution >= 4 is 37.7 Å². The molecular formula is C20H10BrF6N. The third-order valence-electron chi connectivity index (χ3n) is 4.50. The van der Waals surface area contributed by atoms with Crippen LogP contribution in [0.15, 0.2) is 65.1 Å². The Morgan fingerprint density at radius 2 is 1.04 bits per heavy atom.